The summed E-state index contributed by atoms with van der Waals surface area (Å²) in [5.41, 5.74) is -0.0266. The van der Waals surface area contributed by atoms with Gasteiger partial charge in [-0.3, -0.25) is 4.79 Å². The molecule has 0 aliphatic rings. The molecule has 88 valence electrons. The van der Waals surface area contributed by atoms with Crippen molar-refractivity contribution in [3.05, 3.63) is 34.1 Å². The number of carbonyl (C=O) groups excluding carboxylic acids is 1. The van der Waals surface area contributed by atoms with Crippen LogP contribution in [0.4, 0.5) is 4.39 Å². The quantitative estimate of drug-likeness (QED) is 0.892. The predicted molar refractivity (Wildman–Crippen MR) is 62.7 cm³/mol. The van der Waals surface area contributed by atoms with Crippen LogP contribution in [0.3, 0.4) is 0 Å². The van der Waals surface area contributed by atoms with Crippen LogP contribution >= 0.6 is 15.9 Å². The molecule has 0 saturated heterocycles. The molecule has 0 unspecified atom stereocenters. The molecule has 0 heterocycles. The van der Waals surface area contributed by atoms with Crippen LogP contribution in [0, 0.1) is 5.82 Å². The molecule has 0 aliphatic heterocycles. The Labute approximate surface area is 102 Å². The first kappa shape index (κ1) is 13.1. The van der Waals surface area contributed by atoms with Gasteiger partial charge in [-0.2, -0.15) is 0 Å². The predicted octanol–water partition coefficient (Wildman–Crippen LogP) is 2.09. The summed E-state index contributed by atoms with van der Waals surface area (Å²) in [5, 5.41) is 11.5. The summed E-state index contributed by atoms with van der Waals surface area (Å²) < 4.78 is 14.0. The van der Waals surface area contributed by atoms with Gasteiger partial charge in [0.2, 0.25) is 0 Å². The van der Waals surface area contributed by atoms with Crippen LogP contribution in [0.1, 0.15) is 23.7 Å². The number of rotatable bonds is 4. The van der Waals surface area contributed by atoms with Gasteiger partial charge in [0, 0.05) is 4.47 Å². The molecule has 2 N–H and O–H groups in total. The van der Waals surface area contributed by atoms with Crippen molar-refractivity contribution in [2.45, 2.75) is 19.4 Å². The highest BCUT2D eigenvalue weighted by Gasteiger charge is 2.15. The first-order chi connectivity index (χ1) is 7.58. The Morgan fingerprint density at radius 3 is 2.88 bits per heavy atom. The van der Waals surface area contributed by atoms with Gasteiger partial charge in [0.05, 0.1) is 18.2 Å². The second-order valence-corrected chi connectivity index (χ2v) is 4.30. The SMILES string of the molecule is CC[C@@H](CO)NC(=O)c1cc(Br)ccc1F. The normalized spacial score (nSPS) is 12.2. The van der Waals surface area contributed by atoms with Crippen molar-refractivity contribution in [3.63, 3.8) is 0 Å². The lowest BCUT2D eigenvalue weighted by Crippen LogP contribution is -2.37. The molecule has 1 aromatic carbocycles. The number of nitrogens with one attached hydrogen (secondary N) is 1. The first-order valence-corrected chi connectivity index (χ1v) is 5.74. The number of carbonyl (C=O) groups is 1. The van der Waals surface area contributed by atoms with E-state index >= 15 is 0 Å². The number of aliphatic hydroxyl groups excluding tert-OH is 1. The fraction of sp³-hybridized carbons (Fsp3) is 0.364. The molecule has 0 bridgehead atoms. The standard InChI is InChI=1S/C11H13BrFNO2/c1-2-8(6-15)14-11(16)9-5-7(12)3-4-10(9)13/h3-5,8,15H,2,6H2,1H3,(H,14,16)/t8-/m0/s1. The Morgan fingerprint density at radius 2 is 2.31 bits per heavy atom. The average molecular weight is 290 g/mol. The van der Waals surface area contributed by atoms with E-state index in [1.165, 1.54) is 18.2 Å². The van der Waals surface area contributed by atoms with E-state index in [1.54, 1.807) is 0 Å². The molecule has 0 fully saturated rings. The van der Waals surface area contributed by atoms with Gasteiger partial charge >= 0.3 is 0 Å². The first-order valence-electron chi connectivity index (χ1n) is 4.95. The van der Waals surface area contributed by atoms with Crippen molar-refractivity contribution < 1.29 is 14.3 Å². The maximum atomic E-state index is 13.3. The molecular formula is C11H13BrFNO2. The maximum absolute atomic E-state index is 13.3. The van der Waals surface area contributed by atoms with Gasteiger partial charge in [-0.1, -0.05) is 22.9 Å². The van der Waals surface area contributed by atoms with Crippen LogP contribution in [-0.4, -0.2) is 23.7 Å². The number of benzene rings is 1. The fourth-order valence-electron chi connectivity index (χ4n) is 1.21. The number of halogens is 2. The second kappa shape index (κ2) is 5.96. The molecule has 16 heavy (non-hydrogen) atoms. The van der Waals surface area contributed by atoms with E-state index in [4.69, 9.17) is 5.11 Å². The van der Waals surface area contributed by atoms with Crippen LogP contribution in [0.15, 0.2) is 22.7 Å². The van der Waals surface area contributed by atoms with Crippen LogP contribution in [0.2, 0.25) is 0 Å². The van der Waals surface area contributed by atoms with Crippen LogP contribution < -0.4 is 5.32 Å². The number of hydrogen-bond acceptors (Lipinski definition) is 2. The molecule has 0 aromatic heterocycles. The Hall–Kier alpha value is -0.940. The Bertz CT molecular complexity index is 380. The molecule has 0 spiro atoms. The third-order valence-corrected chi connectivity index (χ3v) is 2.71. The van der Waals surface area contributed by atoms with Gasteiger partial charge in [-0.25, -0.2) is 4.39 Å². The summed E-state index contributed by atoms with van der Waals surface area (Å²) >= 11 is 3.17. The van der Waals surface area contributed by atoms with Crippen LogP contribution in [-0.2, 0) is 0 Å². The summed E-state index contributed by atoms with van der Waals surface area (Å²) in [5.74, 6) is -1.09. The van der Waals surface area contributed by atoms with Crippen molar-refractivity contribution in [1.82, 2.24) is 5.32 Å². The Morgan fingerprint density at radius 1 is 1.62 bits per heavy atom. The second-order valence-electron chi connectivity index (χ2n) is 3.39. The Kier molecular flexibility index (Phi) is 4.89. The third-order valence-electron chi connectivity index (χ3n) is 2.22. The molecule has 5 heteroatoms. The largest absolute Gasteiger partial charge is 0.394 e. The molecule has 0 saturated carbocycles. The van der Waals surface area contributed by atoms with Crippen LogP contribution in [0.5, 0.6) is 0 Å². The fourth-order valence-corrected chi connectivity index (χ4v) is 1.57. The van der Waals surface area contributed by atoms with E-state index in [-0.39, 0.29) is 18.2 Å². The van der Waals surface area contributed by atoms with Gasteiger partial charge in [-0.15, -0.1) is 0 Å². The Balaban J connectivity index is 2.83. The zero-order valence-corrected chi connectivity index (χ0v) is 10.4. The van der Waals surface area contributed by atoms with Gasteiger partial charge in [-0.05, 0) is 24.6 Å². The van der Waals surface area contributed by atoms with Crippen LogP contribution in [0.25, 0.3) is 0 Å². The molecular weight excluding hydrogens is 277 g/mol. The molecule has 1 atom stereocenters. The highest BCUT2D eigenvalue weighted by molar-refractivity contribution is 9.10. The highest BCUT2D eigenvalue weighted by atomic mass is 79.9. The molecule has 1 rings (SSSR count). The summed E-state index contributed by atoms with van der Waals surface area (Å²) in [6.45, 7) is 1.68. The molecule has 0 aliphatic carbocycles. The van der Waals surface area contributed by atoms with Gasteiger partial charge in [0.15, 0.2) is 0 Å². The van der Waals surface area contributed by atoms with Crippen molar-refractivity contribution in [3.8, 4) is 0 Å². The average Bonchev–Trinajstić information content (AvgIpc) is 2.28. The smallest absolute Gasteiger partial charge is 0.254 e. The minimum absolute atomic E-state index is 0.0266. The topological polar surface area (TPSA) is 49.3 Å². The van der Waals surface area contributed by atoms with Crippen molar-refractivity contribution in [2.24, 2.45) is 0 Å². The van der Waals surface area contributed by atoms with E-state index in [0.717, 1.165) is 0 Å². The number of aliphatic hydroxyl groups is 1. The lowest BCUT2D eigenvalue weighted by atomic mass is 10.1. The minimum Gasteiger partial charge on any atom is -0.394 e. The van der Waals surface area contributed by atoms with E-state index in [0.29, 0.717) is 10.9 Å². The van der Waals surface area contributed by atoms with Crippen molar-refractivity contribution >= 4 is 21.8 Å². The highest BCUT2D eigenvalue weighted by Crippen LogP contribution is 2.15. The summed E-state index contributed by atoms with van der Waals surface area (Å²) in [7, 11) is 0. The third kappa shape index (κ3) is 3.28. The van der Waals surface area contributed by atoms with Gasteiger partial charge < -0.3 is 10.4 Å². The molecule has 1 aromatic rings. The van der Waals surface area contributed by atoms with Gasteiger partial charge in [0.25, 0.3) is 5.91 Å². The zero-order chi connectivity index (χ0) is 12.1. The summed E-state index contributed by atoms with van der Waals surface area (Å²) in [4.78, 5) is 11.7. The monoisotopic (exact) mass is 289 g/mol. The number of hydrogen-bond donors (Lipinski definition) is 2. The summed E-state index contributed by atoms with van der Waals surface area (Å²) in [6.07, 6.45) is 0.595. The molecule has 3 nitrogen and oxygen atoms in total. The lowest BCUT2D eigenvalue weighted by Gasteiger charge is -2.14. The van der Waals surface area contributed by atoms with E-state index in [1.807, 2.05) is 6.92 Å². The van der Waals surface area contributed by atoms with Crippen molar-refractivity contribution in [2.75, 3.05) is 6.61 Å². The molecule has 0 radical (unpaired) electrons. The van der Waals surface area contributed by atoms with Gasteiger partial charge in [0.1, 0.15) is 5.82 Å². The summed E-state index contributed by atoms with van der Waals surface area (Å²) in [6, 6.07) is 3.81. The number of amides is 1. The van der Waals surface area contributed by atoms with E-state index in [9.17, 15) is 9.18 Å². The van der Waals surface area contributed by atoms with E-state index < -0.39 is 11.7 Å². The maximum Gasteiger partial charge on any atom is 0.254 e. The van der Waals surface area contributed by atoms with Crippen molar-refractivity contribution in [1.29, 1.82) is 0 Å². The lowest BCUT2D eigenvalue weighted by molar-refractivity contribution is 0.0911. The molecule has 1 amide bonds. The minimum atomic E-state index is -0.575. The van der Waals surface area contributed by atoms with E-state index in [2.05, 4.69) is 21.2 Å². The zero-order valence-electron chi connectivity index (χ0n) is 8.84.